The van der Waals surface area contributed by atoms with Crippen molar-refractivity contribution in [2.75, 3.05) is 20.3 Å². The average Bonchev–Trinajstić information content (AvgIpc) is 2.93. The fourth-order valence-electron chi connectivity index (χ4n) is 2.58. The lowest BCUT2D eigenvalue weighted by Gasteiger charge is -2.12. The molecule has 2 aromatic rings. The van der Waals surface area contributed by atoms with Gasteiger partial charge in [-0.3, -0.25) is 0 Å². The summed E-state index contributed by atoms with van der Waals surface area (Å²) < 4.78 is 17.1. The van der Waals surface area contributed by atoms with E-state index in [0.29, 0.717) is 6.54 Å². The summed E-state index contributed by atoms with van der Waals surface area (Å²) in [5.74, 6) is -0.305. The third kappa shape index (κ3) is 4.21. The van der Waals surface area contributed by atoms with E-state index in [9.17, 15) is 9.59 Å². The Kier molecular flexibility index (Phi) is 6.22. The Morgan fingerprint density at radius 3 is 2.16 bits per heavy atom. The predicted molar refractivity (Wildman–Crippen MR) is 93.2 cm³/mol. The van der Waals surface area contributed by atoms with Gasteiger partial charge in [-0.15, -0.1) is 0 Å². The van der Waals surface area contributed by atoms with Gasteiger partial charge in [-0.1, -0.05) is 12.1 Å². The van der Waals surface area contributed by atoms with Crippen LogP contribution in [0.25, 0.3) is 0 Å². The molecule has 1 aromatic carbocycles. The van der Waals surface area contributed by atoms with Crippen LogP contribution in [0, 0.1) is 6.92 Å². The van der Waals surface area contributed by atoms with Crippen LogP contribution in [0.3, 0.4) is 0 Å². The first-order chi connectivity index (χ1) is 12.0. The number of aromatic nitrogens is 1. The summed E-state index contributed by atoms with van der Waals surface area (Å²) in [6, 6.07) is 9.19. The van der Waals surface area contributed by atoms with E-state index in [4.69, 9.17) is 14.2 Å². The molecule has 0 unspecified atom stereocenters. The average molecular weight is 345 g/mol. The summed E-state index contributed by atoms with van der Waals surface area (Å²) in [6.07, 6.45) is 0. The minimum Gasteiger partial charge on any atom is -0.497 e. The highest BCUT2D eigenvalue weighted by molar-refractivity contribution is 6.02. The minimum absolute atomic E-state index is 0.216. The van der Waals surface area contributed by atoms with E-state index in [1.165, 1.54) is 0 Å². The largest absolute Gasteiger partial charge is 0.497 e. The van der Waals surface area contributed by atoms with Crippen LogP contribution in [0.5, 0.6) is 5.75 Å². The van der Waals surface area contributed by atoms with Crippen LogP contribution in [0.4, 0.5) is 0 Å². The van der Waals surface area contributed by atoms with Crippen molar-refractivity contribution in [3.05, 3.63) is 52.8 Å². The molecule has 0 aliphatic carbocycles. The molecule has 0 aliphatic rings. The molecule has 0 N–H and O–H groups in total. The zero-order chi connectivity index (χ0) is 18.4. The molecule has 134 valence electrons. The molecule has 6 heteroatoms. The number of hydrogen-bond donors (Lipinski definition) is 0. The predicted octanol–water partition coefficient (Wildman–Crippen LogP) is 3.21. The first-order valence-electron chi connectivity index (χ1n) is 8.19. The Balaban J connectivity index is 2.43. The normalized spacial score (nSPS) is 10.4. The number of carbonyl (C=O) groups is 2. The van der Waals surface area contributed by atoms with E-state index < -0.39 is 11.9 Å². The molecule has 0 saturated heterocycles. The van der Waals surface area contributed by atoms with Gasteiger partial charge in [0.15, 0.2) is 0 Å². The molecule has 0 saturated carbocycles. The fourth-order valence-corrected chi connectivity index (χ4v) is 2.58. The van der Waals surface area contributed by atoms with Gasteiger partial charge in [-0.2, -0.15) is 0 Å². The van der Waals surface area contributed by atoms with Crippen molar-refractivity contribution in [2.24, 2.45) is 0 Å². The Hall–Kier alpha value is -2.76. The molecule has 25 heavy (non-hydrogen) atoms. The Labute approximate surface area is 147 Å². The zero-order valence-corrected chi connectivity index (χ0v) is 15.0. The van der Waals surface area contributed by atoms with Gasteiger partial charge >= 0.3 is 11.9 Å². The van der Waals surface area contributed by atoms with Gasteiger partial charge < -0.3 is 18.8 Å². The second-order valence-corrected chi connectivity index (χ2v) is 5.42. The van der Waals surface area contributed by atoms with E-state index in [-0.39, 0.29) is 24.5 Å². The van der Waals surface area contributed by atoms with Gasteiger partial charge in [0.1, 0.15) is 11.4 Å². The minimum atomic E-state index is -0.535. The third-order valence-corrected chi connectivity index (χ3v) is 3.77. The highest BCUT2D eigenvalue weighted by atomic mass is 16.5. The molecule has 1 heterocycles. The molecule has 0 aliphatic heterocycles. The van der Waals surface area contributed by atoms with Crippen LogP contribution in [0.15, 0.2) is 30.3 Å². The van der Waals surface area contributed by atoms with E-state index in [0.717, 1.165) is 17.0 Å². The maximum absolute atomic E-state index is 12.4. The third-order valence-electron chi connectivity index (χ3n) is 3.77. The highest BCUT2D eigenvalue weighted by Crippen LogP contribution is 2.21. The first-order valence-corrected chi connectivity index (χ1v) is 8.19. The summed E-state index contributed by atoms with van der Waals surface area (Å²) in [4.78, 5) is 24.6. The Morgan fingerprint density at radius 2 is 1.60 bits per heavy atom. The van der Waals surface area contributed by atoms with E-state index in [1.807, 2.05) is 31.2 Å². The quantitative estimate of drug-likeness (QED) is 0.721. The molecule has 0 amide bonds. The smallest absolute Gasteiger partial charge is 0.355 e. The number of hydrogen-bond acceptors (Lipinski definition) is 5. The summed E-state index contributed by atoms with van der Waals surface area (Å²) in [5.41, 5.74) is 2.20. The van der Waals surface area contributed by atoms with Crippen molar-refractivity contribution in [2.45, 2.75) is 27.3 Å². The van der Waals surface area contributed by atoms with Crippen molar-refractivity contribution in [1.82, 2.24) is 4.57 Å². The van der Waals surface area contributed by atoms with E-state index in [1.54, 1.807) is 31.6 Å². The van der Waals surface area contributed by atoms with Gasteiger partial charge in [0.2, 0.25) is 0 Å². The second-order valence-electron chi connectivity index (χ2n) is 5.42. The topological polar surface area (TPSA) is 66.8 Å². The zero-order valence-electron chi connectivity index (χ0n) is 15.0. The van der Waals surface area contributed by atoms with Crippen molar-refractivity contribution < 1.29 is 23.8 Å². The molecular weight excluding hydrogens is 322 g/mol. The van der Waals surface area contributed by atoms with Crippen molar-refractivity contribution in [3.63, 3.8) is 0 Å². The molecule has 0 radical (unpaired) electrons. The van der Waals surface area contributed by atoms with E-state index >= 15 is 0 Å². The lowest BCUT2D eigenvalue weighted by molar-refractivity contribution is 0.0471. The molecule has 0 bridgehead atoms. The number of methoxy groups -OCH3 is 1. The van der Waals surface area contributed by atoms with Crippen LogP contribution in [-0.2, 0) is 16.0 Å². The maximum Gasteiger partial charge on any atom is 0.355 e. The summed E-state index contributed by atoms with van der Waals surface area (Å²) in [5, 5.41) is 0. The van der Waals surface area contributed by atoms with Gasteiger partial charge in [0, 0.05) is 12.2 Å². The van der Waals surface area contributed by atoms with E-state index in [2.05, 4.69) is 0 Å². The first kappa shape index (κ1) is 18.6. The van der Waals surface area contributed by atoms with Crippen LogP contribution in [-0.4, -0.2) is 36.8 Å². The van der Waals surface area contributed by atoms with Gasteiger partial charge in [-0.25, -0.2) is 9.59 Å². The number of ether oxygens (including phenoxy) is 3. The lowest BCUT2D eigenvalue weighted by Crippen LogP contribution is -2.18. The SMILES string of the molecule is CCOC(=O)c1cc(C)n(Cc2ccc(OC)cc2)c1C(=O)OCC. The fraction of sp³-hybridized carbons (Fsp3) is 0.368. The maximum atomic E-state index is 12.4. The second kappa shape index (κ2) is 8.37. The molecular formula is C19H23NO5. The summed E-state index contributed by atoms with van der Waals surface area (Å²) in [6.45, 7) is 6.20. The molecule has 0 fully saturated rings. The molecule has 2 rings (SSSR count). The highest BCUT2D eigenvalue weighted by Gasteiger charge is 2.26. The molecule has 1 aromatic heterocycles. The molecule has 0 atom stereocenters. The number of esters is 2. The molecule has 0 spiro atoms. The van der Waals surface area contributed by atoms with Gasteiger partial charge in [0.25, 0.3) is 0 Å². The number of aryl methyl sites for hydroxylation is 1. The van der Waals surface area contributed by atoms with Crippen LogP contribution in [0.2, 0.25) is 0 Å². The van der Waals surface area contributed by atoms with Crippen molar-refractivity contribution in [1.29, 1.82) is 0 Å². The van der Waals surface area contributed by atoms with Gasteiger partial charge in [-0.05, 0) is 44.5 Å². The standard InChI is InChI=1S/C19H23NO5/c1-5-24-18(21)16-11-13(3)20(17(16)19(22)25-6-2)12-14-7-9-15(23-4)10-8-14/h7-11H,5-6,12H2,1-4H3. The monoisotopic (exact) mass is 345 g/mol. The number of rotatable bonds is 7. The van der Waals surface area contributed by atoms with Crippen LogP contribution >= 0.6 is 0 Å². The number of benzene rings is 1. The summed E-state index contributed by atoms with van der Waals surface area (Å²) in [7, 11) is 1.61. The van der Waals surface area contributed by atoms with Gasteiger partial charge in [0.05, 0.1) is 25.9 Å². The molecule has 6 nitrogen and oxygen atoms in total. The van der Waals surface area contributed by atoms with Crippen LogP contribution in [0.1, 0.15) is 46.0 Å². The summed E-state index contributed by atoms with van der Waals surface area (Å²) >= 11 is 0. The van der Waals surface area contributed by atoms with Crippen molar-refractivity contribution >= 4 is 11.9 Å². The number of nitrogens with zero attached hydrogens (tertiary/aromatic N) is 1. The number of carbonyl (C=O) groups excluding carboxylic acids is 2. The van der Waals surface area contributed by atoms with Crippen LogP contribution < -0.4 is 4.74 Å². The van der Waals surface area contributed by atoms with Crippen molar-refractivity contribution in [3.8, 4) is 5.75 Å². The Morgan fingerprint density at radius 1 is 1.00 bits per heavy atom. The Bertz CT molecular complexity index is 746. The lowest BCUT2D eigenvalue weighted by atomic mass is 10.2.